The summed E-state index contributed by atoms with van der Waals surface area (Å²) in [7, 11) is 0. The number of pyridine rings is 1. The summed E-state index contributed by atoms with van der Waals surface area (Å²) in [5.74, 6) is 2.49. The summed E-state index contributed by atoms with van der Waals surface area (Å²) >= 11 is 0. The van der Waals surface area contributed by atoms with Crippen molar-refractivity contribution >= 4 is 0 Å². The SMILES string of the molecule is CC[C@@H](C)C1Cc2cccnc2CC1C. The zero-order chi connectivity index (χ0) is 10.8. The van der Waals surface area contributed by atoms with Crippen molar-refractivity contribution in [2.24, 2.45) is 17.8 Å². The molecule has 2 rings (SSSR count). The zero-order valence-electron chi connectivity index (χ0n) is 10.0. The Morgan fingerprint density at radius 3 is 3.00 bits per heavy atom. The fraction of sp³-hybridized carbons (Fsp3) is 0.643. The first-order valence-corrected chi connectivity index (χ1v) is 6.15. The van der Waals surface area contributed by atoms with Crippen molar-refractivity contribution in [3.63, 3.8) is 0 Å². The first-order chi connectivity index (χ1) is 7.22. The molecule has 1 aliphatic rings. The standard InChI is InChI=1S/C14H21N/c1-4-10(2)13-9-12-6-5-7-15-14(12)8-11(13)3/h5-7,10-11,13H,4,8-9H2,1-3H3/t10-,11?,13?/m1/s1. The van der Waals surface area contributed by atoms with E-state index in [1.807, 2.05) is 6.20 Å². The molecule has 1 nitrogen and oxygen atoms in total. The summed E-state index contributed by atoms with van der Waals surface area (Å²) in [5, 5.41) is 0. The van der Waals surface area contributed by atoms with E-state index < -0.39 is 0 Å². The maximum atomic E-state index is 4.49. The Labute approximate surface area is 92.9 Å². The lowest BCUT2D eigenvalue weighted by atomic mass is 9.72. The van der Waals surface area contributed by atoms with Crippen LogP contribution in [0.4, 0.5) is 0 Å². The molecule has 1 heteroatoms. The summed E-state index contributed by atoms with van der Waals surface area (Å²) in [5.41, 5.74) is 2.82. The van der Waals surface area contributed by atoms with Gasteiger partial charge in [-0.3, -0.25) is 4.98 Å². The molecule has 1 aliphatic carbocycles. The van der Waals surface area contributed by atoms with Crippen LogP contribution in [-0.2, 0) is 12.8 Å². The number of hydrogen-bond donors (Lipinski definition) is 0. The number of rotatable bonds is 2. The van der Waals surface area contributed by atoms with Gasteiger partial charge in [-0.2, -0.15) is 0 Å². The summed E-state index contributed by atoms with van der Waals surface area (Å²) in [6.45, 7) is 7.08. The van der Waals surface area contributed by atoms with Crippen LogP contribution in [-0.4, -0.2) is 4.98 Å². The monoisotopic (exact) mass is 203 g/mol. The average molecular weight is 203 g/mol. The molecule has 0 amide bonds. The largest absolute Gasteiger partial charge is 0.261 e. The third-order valence-electron chi connectivity index (χ3n) is 4.06. The lowest BCUT2D eigenvalue weighted by Gasteiger charge is -2.34. The lowest BCUT2D eigenvalue weighted by Crippen LogP contribution is -2.28. The molecule has 0 saturated heterocycles. The van der Waals surface area contributed by atoms with E-state index >= 15 is 0 Å². The van der Waals surface area contributed by atoms with Gasteiger partial charge in [-0.25, -0.2) is 0 Å². The molecule has 0 fully saturated rings. The second-order valence-corrected chi connectivity index (χ2v) is 5.04. The number of nitrogens with zero attached hydrogens (tertiary/aromatic N) is 1. The van der Waals surface area contributed by atoms with Gasteiger partial charge < -0.3 is 0 Å². The first kappa shape index (κ1) is 10.7. The van der Waals surface area contributed by atoms with Gasteiger partial charge in [0.25, 0.3) is 0 Å². The van der Waals surface area contributed by atoms with Crippen molar-refractivity contribution in [2.75, 3.05) is 0 Å². The van der Waals surface area contributed by atoms with Gasteiger partial charge in [0.15, 0.2) is 0 Å². The molecular formula is C14H21N. The molecule has 2 unspecified atom stereocenters. The van der Waals surface area contributed by atoms with E-state index in [0.717, 1.165) is 17.8 Å². The predicted octanol–water partition coefficient (Wildman–Crippen LogP) is 3.48. The molecule has 0 spiro atoms. The van der Waals surface area contributed by atoms with Gasteiger partial charge in [-0.15, -0.1) is 0 Å². The summed E-state index contributed by atoms with van der Waals surface area (Å²) in [6, 6.07) is 4.33. The highest BCUT2D eigenvalue weighted by atomic mass is 14.7. The Morgan fingerprint density at radius 2 is 2.27 bits per heavy atom. The minimum absolute atomic E-state index is 0.794. The molecule has 0 aliphatic heterocycles. The molecule has 0 saturated carbocycles. The number of hydrogen-bond acceptors (Lipinski definition) is 1. The van der Waals surface area contributed by atoms with Crippen LogP contribution in [0.25, 0.3) is 0 Å². The Bertz CT molecular complexity index is 332. The summed E-state index contributed by atoms with van der Waals surface area (Å²) < 4.78 is 0. The molecule has 1 aromatic rings. The van der Waals surface area contributed by atoms with Crippen molar-refractivity contribution in [2.45, 2.75) is 40.0 Å². The van der Waals surface area contributed by atoms with Crippen LogP contribution in [0.1, 0.15) is 38.4 Å². The third-order valence-corrected chi connectivity index (χ3v) is 4.06. The molecule has 0 aromatic carbocycles. The van der Waals surface area contributed by atoms with Crippen LogP contribution in [0, 0.1) is 17.8 Å². The van der Waals surface area contributed by atoms with E-state index in [-0.39, 0.29) is 0 Å². The van der Waals surface area contributed by atoms with Gasteiger partial charge >= 0.3 is 0 Å². The minimum atomic E-state index is 0.794. The van der Waals surface area contributed by atoms with Crippen molar-refractivity contribution in [3.05, 3.63) is 29.6 Å². The summed E-state index contributed by atoms with van der Waals surface area (Å²) in [4.78, 5) is 4.49. The minimum Gasteiger partial charge on any atom is -0.261 e. The van der Waals surface area contributed by atoms with E-state index in [4.69, 9.17) is 0 Å². The van der Waals surface area contributed by atoms with Crippen molar-refractivity contribution in [1.29, 1.82) is 0 Å². The van der Waals surface area contributed by atoms with Crippen LogP contribution in [0.3, 0.4) is 0 Å². The third kappa shape index (κ3) is 2.06. The maximum absolute atomic E-state index is 4.49. The zero-order valence-corrected chi connectivity index (χ0v) is 10.0. The van der Waals surface area contributed by atoms with Crippen LogP contribution >= 0.6 is 0 Å². The molecule has 0 radical (unpaired) electrons. The quantitative estimate of drug-likeness (QED) is 0.717. The smallest absolute Gasteiger partial charge is 0.0438 e. The van der Waals surface area contributed by atoms with Crippen molar-refractivity contribution in [1.82, 2.24) is 4.98 Å². The Hall–Kier alpha value is -0.850. The molecule has 0 N–H and O–H groups in total. The van der Waals surface area contributed by atoms with E-state index in [9.17, 15) is 0 Å². The van der Waals surface area contributed by atoms with Gasteiger partial charge in [0.05, 0.1) is 0 Å². The van der Waals surface area contributed by atoms with Gasteiger partial charge in [0.2, 0.25) is 0 Å². The van der Waals surface area contributed by atoms with Crippen LogP contribution in [0.15, 0.2) is 18.3 Å². The van der Waals surface area contributed by atoms with Crippen molar-refractivity contribution in [3.8, 4) is 0 Å². The molecule has 1 aromatic heterocycles. The molecule has 15 heavy (non-hydrogen) atoms. The van der Waals surface area contributed by atoms with E-state index in [0.29, 0.717) is 0 Å². The molecule has 0 bridgehead atoms. The molecule has 82 valence electrons. The van der Waals surface area contributed by atoms with Gasteiger partial charge in [-0.1, -0.05) is 33.3 Å². The van der Waals surface area contributed by atoms with Crippen LogP contribution in [0.5, 0.6) is 0 Å². The Kier molecular flexibility index (Phi) is 3.08. The van der Waals surface area contributed by atoms with Gasteiger partial charge in [0, 0.05) is 11.9 Å². The topological polar surface area (TPSA) is 12.9 Å². The fourth-order valence-corrected chi connectivity index (χ4v) is 2.82. The van der Waals surface area contributed by atoms with Crippen LogP contribution in [0.2, 0.25) is 0 Å². The second-order valence-electron chi connectivity index (χ2n) is 5.04. The maximum Gasteiger partial charge on any atom is 0.0438 e. The highest BCUT2D eigenvalue weighted by Crippen LogP contribution is 2.34. The lowest BCUT2D eigenvalue weighted by molar-refractivity contribution is 0.230. The van der Waals surface area contributed by atoms with Crippen molar-refractivity contribution < 1.29 is 0 Å². The highest BCUT2D eigenvalue weighted by Gasteiger charge is 2.28. The normalized spacial score (nSPS) is 27.1. The van der Waals surface area contributed by atoms with E-state index in [1.165, 1.54) is 30.5 Å². The second kappa shape index (κ2) is 4.34. The van der Waals surface area contributed by atoms with Crippen LogP contribution < -0.4 is 0 Å². The van der Waals surface area contributed by atoms with E-state index in [2.05, 4.69) is 37.9 Å². The Balaban J connectivity index is 2.22. The Morgan fingerprint density at radius 1 is 1.47 bits per heavy atom. The molecule has 3 atom stereocenters. The molecule has 1 heterocycles. The van der Waals surface area contributed by atoms with Gasteiger partial charge in [0.1, 0.15) is 0 Å². The average Bonchev–Trinajstić information content (AvgIpc) is 2.27. The molecular weight excluding hydrogens is 182 g/mol. The first-order valence-electron chi connectivity index (χ1n) is 6.15. The van der Waals surface area contributed by atoms with Gasteiger partial charge in [-0.05, 0) is 42.2 Å². The predicted molar refractivity (Wildman–Crippen MR) is 63.8 cm³/mol. The number of aromatic nitrogens is 1. The summed E-state index contributed by atoms with van der Waals surface area (Å²) in [6.07, 6.45) is 5.63. The highest BCUT2D eigenvalue weighted by molar-refractivity contribution is 5.23. The fourth-order valence-electron chi connectivity index (χ4n) is 2.82. The van der Waals surface area contributed by atoms with E-state index in [1.54, 1.807) is 0 Å². The number of fused-ring (bicyclic) bond motifs is 1.